The van der Waals surface area contributed by atoms with Gasteiger partial charge in [-0.25, -0.2) is 8.78 Å². The fourth-order valence-electron chi connectivity index (χ4n) is 1.04. The molecule has 0 saturated carbocycles. The Kier molecular flexibility index (Phi) is 4.27. The summed E-state index contributed by atoms with van der Waals surface area (Å²) in [6.07, 6.45) is -2.33. The molecule has 0 aromatic carbocycles. The lowest BCUT2D eigenvalue weighted by molar-refractivity contribution is 0.141. The van der Waals surface area contributed by atoms with Gasteiger partial charge < -0.3 is 11.1 Å². The maximum atomic E-state index is 11.9. The molecular weight excluding hydrogens is 194 g/mol. The minimum absolute atomic E-state index is 0.153. The van der Waals surface area contributed by atoms with Crippen molar-refractivity contribution in [2.45, 2.75) is 12.5 Å². The van der Waals surface area contributed by atoms with Crippen LogP contribution in [0.25, 0.3) is 0 Å². The first-order valence-corrected chi connectivity index (χ1v) is 4.92. The zero-order chi connectivity index (χ0) is 9.68. The number of halogens is 2. The average molecular weight is 206 g/mol. The summed E-state index contributed by atoms with van der Waals surface area (Å²) in [4.78, 5) is 0. The second-order valence-electron chi connectivity index (χ2n) is 2.64. The van der Waals surface area contributed by atoms with Crippen molar-refractivity contribution in [2.75, 3.05) is 13.1 Å². The van der Waals surface area contributed by atoms with Crippen molar-refractivity contribution in [2.24, 2.45) is 5.73 Å². The van der Waals surface area contributed by atoms with E-state index in [2.05, 4.69) is 5.32 Å². The number of rotatable bonds is 5. The molecule has 0 aliphatic rings. The van der Waals surface area contributed by atoms with Crippen LogP contribution in [0, 0.1) is 0 Å². The van der Waals surface area contributed by atoms with Gasteiger partial charge in [0.15, 0.2) is 0 Å². The van der Waals surface area contributed by atoms with Gasteiger partial charge in [-0.05, 0) is 22.4 Å². The molecule has 0 aliphatic heterocycles. The monoisotopic (exact) mass is 206 g/mol. The molecule has 0 bridgehead atoms. The first-order chi connectivity index (χ1) is 6.24. The van der Waals surface area contributed by atoms with Crippen molar-refractivity contribution in [3.8, 4) is 0 Å². The number of nitrogens with one attached hydrogen (secondary N) is 1. The maximum absolute atomic E-state index is 11.9. The van der Waals surface area contributed by atoms with Crippen molar-refractivity contribution < 1.29 is 8.78 Å². The zero-order valence-corrected chi connectivity index (χ0v) is 7.86. The lowest BCUT2D eigenvalue weighted by Gasteiger charge is -2.14. The fourth-order valence-corrected chi connectivity index (χ4v) is 1.76. The average Bonchev–Trinajstić information content (AvgIpc) is 2.58. The summed E-state index contributed by atoms with van der Waals surface area (Å²) in [7, 11) is 0. The van der Waals surface area contributed by atoms with Gasteiger partial charge in [0.2, 0.25) is 0 Å². The molecule has 1 aromatic heterocycles. The molecule has 0 amide bonds. The molecular formula is C8H12F2N2S. The molecule has 1 unspecified atom stereocenters. The van der Waals surface area contributed by atoms with E-state index in [4.69, 9.17) is 5.73 Å². The van der Waals surface area contributed by atoms with Crippen LogP contribution in [-0.4, -0.2) is 19.5 Å². The molecule has 0 radical (unpaired) electrons. The number of hydrogen-bond donors (Lipinski definition) is 2. The highest BCUT2D eigenvalue weighted by molar-refractivity contribution is 7.07. The van der Waals surface area contributed by atoms with E-state index in [1.165, 1.54) is 11.3 Å². The predicted octanol–water partition coefficient (Wildman–Crippen LogP) is 1.60. The Hall–Kier alpha value is -0.520. The Morgan fingerprint density at radius 3 is 2.77 bits per heavy atom. The molecule has 13 heavy (non-hydrogen) atoms. The zero-order valence-electron chi connectivity index (χ0n) is 7.04. The van der Waals surface area contributed by atoms with Crippen molar-refractivity contribution in [3.63, 3.8) is 0 Å². The number of nitrogens with two attached hydrogens (primary N) is 1. The minimum Gasteiger partial charge on any atom is -0.329 e. The summed E-state index contributed by atoms with van der Waals surface area (Å²) in [6, 6.07) is 1.74. The lowest BCUT2D eigenvalue weighted by atomic mass is 10.1. The highest BCUT2D eigenvalue weighted by Crippen LogP contribution is 2.15. The third kappa shape index (κ3) is 3.38. The van der Waals surface area contributed by atoms with Crippen LogP contribution < -0.4 is 11.1 Å². The molecule has 2 nitrogen and oxygen atoms in total. The molecule has 0 spiro atoms. The van der Waals surface area contributed by atoms with Crippen LogP contribution in [0.3, 0.4) is 0 Å². The normalized spacial score (nSPS) is 13.5. The van der Waals surface area contributed by atoms with E-state index in [1.807, 2.05) is 16.8 Å². The number of thiophene rings is 1. The second kappa shape index (κ2) is 5.26. The van der Waals surface area contributed by atoms with Crippen molar-refractivity contribution in [3.05, 3.63) is 22.4 Å². The third-order valence-electron chi connectivity index (χ3n) is 1.70. The van der Waals surface area contributed by atoms with Gasteiger partial charge >= 0.3 is 0 Å². The Labute approximate surface area is 79.8 Å². The van der Waals surface area contributed by atoms with Gasteiger partial charge in [-0.1, -0.05) is 0 Å². The number of hydrogen-bond acceptors (Lipinski definition) is 3. The fraction of sp³-hybridized carbons (Fsp3) is 0.500. The highest BCUT2D eigenvalue weighted by Gasteiger charge is 2.11. The maximum Gasteiger partial charge on any atom is 0.250 e. The summed E-state index contributed by atoms with van der Waals surface area (Å²) >= 11 is 1.53. The van der Waals surface area contributed by atoms with E-state index in [1.54, 1.807) is 0 Å². The summed E-state index contributed by atoms with van der Waals surface area (Å²) in [5.74, 6) is 0. The lowest BCUT2D eigenvalue weighted by Crippen LogP contribution is -2.31. The third-order valence-corrected chi connectivity index (χ3v) is 2.40. The second-order valence-corrected chi connectivity index (χ2v) is 3.42. The molecule has 1 heterocycles. The Bertz CT molecular complexity index is 226. The number of alkyl halides is 2. The molecule has 0 saturated heterocycles. The van der Waals surface area contributed by atoms with E-state index in [-0.39, 0.29) is 12.6 Å². The first-order valence-electron chi connectivity index (χ1n) is 3.97. The first kappa shape index (κ1) is 10.6. The summed E-state index contributed by atoms with van der Waals surface area (Å²) in [6.45, 7) is 0.0289. The van der Waals surface area contributed by atoms with Gasteiger partial charge in [-0.2, -0.15) is 11.3 Å². The molecule has 3 N–H and O–H groups in total. The Balaban J connectivity index is 2.44. The van der Waals surface area contributed by atoms with Gasteiger partial charge in [-0.3, -0.25) is 0 Å². The standard InChI is InChI=1S/C8H12F2N2S/c9-8(10)4-12-7(3-11)6-1-2-13-5-6/h1-2,5,7-8,12H,3-4,11H2. The van der Waals surface area contributed by atoms with Gasteiger partial charge in [0.25, 0.3) is 6.43 Å². The van der Waals surface area contributed by atoms with Gasteiger partial charge in [-0.15, -0.1) is 0 Å². The van der Waals surface area contributed by atoms with Gasteiger partial charge in [0.1, 0.15) is 0 Å². The van der Waals surface area contributed by atoms with Crippen LogP contribution in [0.4, 0.5) is 8.78 Å². The SMILES string of the molecule is NCC(NCC(F)F)c1ccsc1. The molecule has 0 aliphatic carbocycles. The van der Waals surface area contributed by atoms with Crippen LogP contribution in [-0.2, 0) is 0 Å². The topological polar surface area (TPSA) is 38.0 Å². The summed E-state index contributed by atoms with van der Waals surface area (Å²) in [5, 5.41) is 6.52. The van der Waals surface area contributed by atoms with Crippen LogP contribution in [0.15, 0.2) is 16.8 Å². The molecule has 1 atom stereocenters. The van der Waals surface area contributed by atoms with Crippen LogP contribution in [0.5, 0.6) is 0 Å². The quantitative estimate of drug-likeness (QED) is 0.768. The van der Waals surface area contributed by atoms with Gasteiger partial charge in [0.05, 0.1) is 6.54 Å². The van der Waals surface area contributed by atoms with E-state index in [0.29, 0.717) is 6.54 Å². The smallest absolute Gasteiger partial charge is 0.250 e. The Morgan fingerprint density at radius 2 is 2.31 bits per heavy atom. The Morgan fingerprint density at radius 1 is 1.54 bits per heavy atom. The van der Waals surface area contributed by atoms with Gasteiger partial charge in [0, 0.05) is 12.6 Å². The molecule has 1 aromatic rings. The van der Waals surface area contributed by atoms with E-state index in [0.717, 1.165) is 5.56 Å². The summed E-state index contributed by atoms with van der Waals surface area (Å²) in [5.41, 5.74) is 6.43. The molecule has 1 rings (SSSR count). The van der Waals surface area contributed by atoms with Crippen molar-refractivity contribution >= 4 is 11.3 Å². The van der Waals surface area contributed by atoms with Crippen molar-refractivity contribution in [1.82, 2.24) is 5.32 Å². The molecule has 5 heteroatoms. The predicted molar refractivity (Wildman–Crippen MR) is 50.1 cm³/mol. The summed E-state index contributed by atoms with van der Waals surface area (Å²) < 4.78 is 23.7. The van der Waals surface area contributed by atoms with E-state index < -0.39 is 6.43 Å². The van der Waals surface area contributed by atoms with E-state index >= 15 is 0 Å². The molecule has 74 valence electrons. The minimum atomic E-state index is -2.33. The van der Waals surface area contributed by atoms with Crippen LogP contribution >= 0.6 is 11.3 Å². The largest absolute Gasteiger partial charge is 0.329 e. The molecule has 0 fully saturated rings. The van der Waals surface area contributed by atoms with Crippen LogP contribution in [0.1, 0.15) is 11.6 Å². The van der Waals surface area contributed by atoms with Crippen molar-refractivity contribution in [1.29, 1.82) is 0 Å². The van der Waals surface area contributed by atoms with Crippen LogP contribution in [0.2, 0.25) is 0 Å². The highest BCUT2D eigenvalue weighted by atomic mass is 32.1. The van der Waals surface area contributed by atoms with E-state index in [9.17, 15) is 8.78 Å².